The summed E-state index contributed by atoms with van der Waals surface area (Å²) < 4.78 is 37.9. The topological polar surface area (TPSA) is 69.3 Å². The van der Waals surface area contributed by atoms with Gasteiger partial charge in [0.15, 0.2) is 5.11 Å². The van der Waals surface area contributed by atoms with Gasteiger partial charge < -0.3 is 10.2 Å². The van der Waals surface area contributed by atoms with E-state index in [0.29, 0.717) is 36.9 Å². The molecule has 1 aromatic heterocycles. The minimum atomic E-state index is -4.39. The number of carbonyl (C=O) groups excluding carboxylic acids is 1. The van der Waals surface area contributed by atoms with Crippen LogP contribution in [0.25, 0.3) is 0 Å². The van der Waals surface area contributed by atoms with Gasteiger partial charge in [-0.05, 0) is 43.6 Å². The molecule has 2 rings (SSSR count). The number of amides is 1. The molecule has 0 aliphatic carbocycles. The Morgan fingerprint density at radius 2 is 1.96 bits per heavy atom. The lowest BCUT2D eigenvalue weighted by Crippen LogP contribution is -2.50. The van der Waals surface area contributed by atoms with Crippen LogP contribution in [0.5, 0.6) is 0 Å². The summed E-state index contributed by atoms with van der Waals surface area (Å²) in [6, 6.07) is 2.40. The van der Waals surface area contributed by atoms with Crippen molar-refractivity contribution in [1.29, 1.82) is 0 Å². The molecule has 0 spiro atoms. The molecule has 2 heterocycles. The smallest absolute Gasteiger partial charge is 0.361 e. The molecule has 0 radical (unpaired) electrons. The normalized spacial score (nSPS) is 15.2. The van der Waals surface area contributed by atoms with E-state index in [1.165, 1.54) is 6.07 Å². The molecule has 28 heavy (non-hydrogen) atoms. The average Bonchev–Trinajstić information content (AvgIpc) is 2.69. The molecule has 1 aliphatic rings. The fourth-order valence-electron chi connectivity index (χ4n) is 2.95. The summed E-state index contributed by atoms with van der Waals surface area (Å²) in [6.07, 6.45) is 0.887. The predicted octanol–water partition coefficient (Wildman–Crippen LogP) is 3.00. The minimum Gasteiger partial charge on any atom is -0.361 e. The lowest BCUT2D eigenvalue weighted by Gasteiger charge is -2.32. The Labute approximate surface area is 168 Å². The number of hydrogen-bond donors (Lipinski definition) is 3. The second-order valence-corrected chi connectivity index (χ2v) is 7.15. The van der Waals surface area contributed by atoms with E-state index in [-0.39, 0.29) is 11.8 Å². The fourth-order valence-corrected chi connectivity index (χ4v) is 3.11. The summed E-state index contributed by atoms with van der Waals surface area (Å²) in [5.74, 6) is 0.168. The third kappa shape index (κ3) is 6.81. The zero-order valence-electron chi connectivity index (χ0n) is 15.8. The zero-order chi connectivity index (χ0) is 20.6. The van der Waals surface area contributed by atoms with E-state index in [9.17, 15) is 18.0 Å². The van der Waals surface area contributed by atoms with E-state index in [1.54, 1.807) is 0 Å². The van der Waals surface area contributed by atoms with E-state index in [2.05, 4.69) is 28.1 Å². The van der Waals surface area contributed by atoms with Gasteiger partial charge in [-0.2, -0.15) is 13.2 Å². The molecule has 0 saturated carbocycles. The van der Waals surface area contributed by atoms with Gasteiger partial charge >= 0.3 is 6.18 Å². The summed E-state index contributed by atoms with van der Waals surface area (Å²) in [7, 11) is 0. The maximum Gasteiger partial charge on any atom is 0.417 e. The van der Waals surface area contributed by atoms with Crippen molar-refractivity contribution in [3.8, 4) is 0 Å². The highest BCUT2D eigenvalue weighted by Gasteiger charge is 2.31. The average molecular weight is 418 g/mol. The lowest BCUT2D eigenvalue weighted by molar-refractivity contribution is -0.137. The first-order valence-corrected chi connectivity index (χ1v) is 9.84. The van der Waals surface area contributed by atoms with Crippen molar-refractivity contribution in [1.82, 2.24) is 21.2 Å². The Morgan fingerprint density at radius 3 is 2.54 bits per heavy atom. The molecular formula is C18H26F3N5OS. The number of aromatic nitrogens is 1. The highest BCUT2D eigenvalue weighted by Crippen LogP contribution is 2.30. The maximum absolute atomic E-state index is 12.6. The number of anilines is 1. The van der Waals surface area contributed by atoms with Gasteiger partial charge in [0.05, 0.1) is 5.56 Å². The number of hydrogen-bond acceptors (Lipinski definition) is 4. The number of hydrazine groups is 1. The van der Waals surface area contributed by atoms with Gasteiger partial charge in [-0.3, -0.25) is 15.6 Å². The van der Waals surface area contributed by atoms with Crippen LogP contribution >= 0.6 is 12.2 Å². The Hall–Kier alpha value is -2.10. The quantitative estimate of drug-likeness (QED) is 0.376. The number of rotatable bonds is 6. The summed E-state index contributed by atoms with van der Waals surface area (Å²) in [5.41, 5.74) is 4.56. The first kappa shape index (κ1) is 22.2. The van der Waals surface area contributed by atoms with Crippen molar-refractivity contribution in [2.45, 2.75) is 45.2 Å². The number of nitrogens with one attached hydrogen (secondary N) is 3. The van der Waals surface area contributed by atoms with Crippen molar-refractivity contribution in [2.24, 2.45) is 5.92 Å². The molecule has 1 saturated heterocycles. The van der Waals surface area contributed by atoms with Gasteiger partial charge in [-0.1, -0.05) is 19.8 Å². The van der Waals surface area contributed by atoms with Crippen LogP contribution < -0.4 is 21.1 Å². The van der Waals surface area contributed by atoms with Crippen LogP contribution in [-0.2, 0) is 11.0 Å². The van der Waals surface area contributed by atoms with Crippen molar-refractivity contribution in [3.63, 3.8) is 0 Å². The predicted molar refractivity (Wildman–Crippen MR) is 106 cm³/mol. The SMILES string of the molecule is CCCCCNC(=S)NNC(=O)C1CCN(c2ccc(C(F)(F)F)cn2)CC1. The van der Waals surface area contributed by atoms with E-state index in [4.69, 9.17) is 12.2 Å². The van der Waals surface area contributed by atoms with Gasteiger partial charge in [-0.25, -0.2) is 4.98 Å². The number of carbonyl (C=O) groups is 1. The second-order valence-electron chi connectivity index (χ2n) is 6.74. The largest absolute Gasteiger partial charge is 0.417 e. The van der Waals surface area contributed by atoms with Crippen LogP contribution in [0.15, 0.2) is 18.3 Å². The molecule has 1 fully saturated rings. The molecule has 3 N–H and O–H groups in total. The third-order valence-electron chi connectivity index (χ3n) is 4.63. The zero-order valence-corrected chi connectivity index (χ0v) is 16.6. The monoisotopic (exact) mass is 417 g/mol. The van der Waals surface area contributed by atoms with Gasteiger partial charge in [0.1, 0.15) is 5.82 Å². The minimum absolute atomic E-state index is 0.141. The van der Waals surface area contributed by atoms with Crippen molar-refractivity contribution in [2.75, 3.05) is 24.5 Å². The van der Waals surface area contributed by atoms with Crippen LogP contribution in [-0.4, -0.2) is 35.6 Å². The van der Waals surface area contributed by atoms with Crippen LogP contribution in [0.2, 0.25) is 0 Å². The Morgan fingerprint density at radius 1 is 1.25 bits per heavy atom. The number of unbranched alkanes of at least 4 members (excludes halogenated alkanes) is 2. The highest BCUT2D eigenvalue weighted by atomic mass is 32.1. The maximum atomic E-state index is 12.6. The fraction of sp³-hybridized carbons (Fsp3) is 0.611. The molecule has 0 aromatic carbocycles. The second kappa shape index (κ2) is 10.4. The first-order valence-electron chi connectivity index (χ1n) is 9.43. The van der Waals surface area contributed by atoms with Crippen LogP contribution in [0, 0.1) is 5.92 Å². The summed E-state index contributed by atoms with van der Waals surface area (Å²) in [5, 5.41) is 3.41. The Balaban J connectivity index is 1.72. The van der Waals surface area contributed by atoms with Crippen molar-refractivity contribution in [3.05, 3.63) is 23.9 Å². The molecular weight excluding hydrogens is 391 g/mol. The molecule has 0 atom stereocenters. The Bertz CT molecular complexity index is 646. The molecule has 0 bridgehead atoms. The molecule has 1 aliphatic heterocycles. The highest BCUT2D eigenvalue weighted by molar-refractivity contribution is 7.80. The Kier molecular flexibility index (Phi) is 8.28. The number of halogens is 3. The number of nitrogens with zero attached hydrogens (tertiary/aromatic N) is 2. The number of alkyl halides is 3. The number of piperidine rings is 1. The molecule has 1 aromatic rings. The van der Waals surface area contributed by atoms with Gasteiger partial charge in [-0.15, -0.1) is 0 Å². The molecule has 156 valence electrons. The van der Waals surface area contributed by atoms with Crippen molar-refractivity contribution >= 4 is 29.1 Å². The molecule has 0 unspecified atom stereocenters. The molecule has 6 nitrogen and oxygen atoms in total. The summed E-state index contributed by atoms with van der Waals surface area (Å²) >= 11 is 5.11. The van der Waals surface area contributed by atoms with Gasteiger partial charge in [0.2, 0.25) is 5.91 Å². The van der Waals surface area contributed by atoms with E-state index < -0.39 is 11.7 Å². The third-order valence-corrected chi connectivity index (χ3v) is 4.88. The van der Waals surface area contributed by atoms with E-state index in [1.807, 2.05) is 4.90 Å². The van der Waals surface area contributed by atoms with Crippen LogP contribution in [0.4, 0.5) is 19.0 Å². The summed E-state index contributed by atoms with van der Waals surface area (Å²) in [4.78, 5) is 18.1. The van der Waals surface area contributed by atoms with Gasteiger partial charge in [0.25, 0.3) is 0 Å². The van der Waals surface area contributed by atoms with Gasteiger partial charge in [0, 0.05) is 31.7 Å². The van der Waals surface area contributed by atoms with E-state index >= 15 is 0 Å². The molecule has 10 heteroatoms. The van der Waals surface area contributed by atoms with Crippen LogP contribution in [0.1, 0.15) is 44.6 Å². The summed E-state index contributed by atoms with van der Waals surface area (Å²) in [6.45, 7) is 3.98. The van der Waals surface area contributed by atoms with Crippen molar-refractivity contribution < 1.29 is 18.0 Å². The lowest BCUT2D eigenvalue weighted by atomic mass is 9.96. The number of pyridine rings is 1. The van der Waals surface area contributed by atoms with E-state index in [0.717, 1.165) is 38.1 Å². The number of thiocarbonyl (C=S) groups is 1. The molecule has 1 amide bonds. The first-order chi connectivity index (χ1) is 13.3. The standard InChI is InChI=1S/C18H26F3N5OS/c1-2-3-4-9-22-17(28)25-24-16(27)13-7-10-26(11-8-13)15-6-5-14(12-23-15)18(19,20)21/h5-6,12-13H,2-4,7-11H2,1H3,(H,24,27)(H2,22,25,28). The van der Waals surface area contributed by atoms with Crippen LogP contribution in [0.3, 0.4) is 0 Å².